The fourth-order valence-corrected chi connectivity index (χ4v) is 5.71. The highest BCUT2D eigenvalue weighted by Gasteiger charge is 2.60. The van der Waals surface area contributed by atoms with E-state index in [0.29, 0.717) is 5.92 Å². The zero-order valence-corrected chi connectivity index (χ0v) is 14.8. The van der Waals surface area contributed by atoms with Crippen LogP contribution in [0, 0.1) is 5.92 Å². The second-order valence-electron chi connectivity index (χ2n) is 7.69. The molecule has 0 saturated carbocycles. The van der Waals surface area contributed by atoms with Crippen LogP contribution < -0.4 is 0 Å². The Morgan fingerprint density at radius 3 is 3.04 bits per heavy atom. The zero-order chi connectivity index (χ0) is 17.2. The number of ether oxygens (including phenoxy) is 1. The summed E-state index contributed by atoms with van der Waals surface area (Å²) in [5.41, 5.74) is 4.36. The lowest BCUT2D eigenvalue weighted by Crippen LogP contribution is -2.63. The summed E-state index contributed by atoms with van der Waals surface area (Å²) in [6.45, 7) is 4.28. The maximum Gasteiger partial charge on any atom is 0.319 e. The van der Waals surface area contributed by atoms with Crippen LogP contribution in [0.15, 0.2) is 35.9 Å². The van der Waals surface area contributed by atoms with E-state index < -0.39 is 5.41 Å². The Morgan fingerprint density at radius 1 is 1.40 bits per heavy atom. The Morgan fingerprint density at radius 2 is 2.24 bits per heavy atom. The van der Waals surface area contributed by atoms with Crippen molar-refractivity contribution in [2.45, 2.75) is 37.6 Å². The van der Waals surface area contributed by atoms with Crippen LogP contribution >= 0.6 is 0 Å². The van der Waals surface area contributed by atoms with Crippen LogP contribution in [-0.2, 0) is 21.4 Å². The minimum absolute atomic E-state index is 0.0824. The highest BCUT2D eigenvalue weighted by molar-refractivity contribution is 5.92. The molecule has 0 spiro atoms. The average molecular weight is 336 g/mol. The Hall–Kier alpha value is -2.07. The summed E-state index contributed by atoms with van der Waals surface area (Å²) < 4.78 is 5.41. The quantitative estimate of drug-likeness (QED) is 0.677. The van der Waals surface area contributed by atoms with Gasteiger partial charge in [-0.2, -0.15) is 0 Å². The van der Waals surface area contributed by atoms with Gasteiger partial charge in [0.25, 0.3) is 0 Å². The topological polar surface area (TPSA) is 45.3 Å². The molecular weight excluding hydrogens is 312 g/mol. The standard InChI is InChI=1S/C21H24N2O2/c1-3-14-10-13-11-21(20(24)25-2)18-16(8-9-23(12-13)19(14)21)15-6-4-5-7-17(15)22-18/h4-7,10,13,19,22H,3,8-9,11-12H2,1-2H3/t13-,19+,21+/m0/s1. The lowest BCUT2D eigenvalue weighted by Gasteiger charge is -2.53. The van der Waals surface area contributed by atoms with E-state index in [1.54, 1.807) is 0 Å². The lowest BCUT2D eigenvalue weighted by atomic mass is 9.60. The van der Waals surface area contributed by atoms with Crippen LogP contribution in [0.25, 0.3) is 10.9 Å². The highest BCUT2D eigenvalue weighted by Crippen LogP contribution is 2.52. The van der Waals surface area contributed by atoms with Gasteiger partial charge in [0, 0.05) is 29.7 Å². The third kappa shape index (κ3) is 1.83. The molecule has 1 saturated heterocycles. The molecule has 2 aromatic rings. The molecule has 1 unspecified atom stereocenters. The van der Waals surface area contributed by atoms with Crippen LogP contribution in [0.4, 0.5) is 0 Å². The summed E-state index contributed by atoms with van der Waals surface area (Å²) in [6, 6.07) is 8.56. The Kier molecular flexibility index (Phi) is 3.17. The molecule has 6 rings (SSSR count). The number of hydrogen-bond acceptors (Lipinski definition) is 3. The van der Waals surface area contributed by atoms with E-state index in [1.165, 1.54) is 23.6 Å². The number of carbonyl (C=O) groups is 1. The van der Waals surface area contributed by atoms with Crippen molar-refractivity contribution in [3.8, 4) is 0 Å². The van der Waals surface area contributed by atoms with Crippen molar-refractivity contribution < 1.29 is 9.53 Å². The second-order valence-corrected chi connectivity index (χ2v) is 7.69. The Labute approximate surface area is 147 Å². The first-order valence-electron chi connectivity index (χ1n) is 9.32. The SMILES string of the molecule is CCC1=C[C@@H]2CN3CCc4c([nH]c5ccccc45)[C@](C(=O)OC)(C2)[C@@H]13. The van der Waals surface area contributed by atoms with Gasteiger partial charge in [0.1, 0.15) is 5.41 Å². The molecule has 4 bridgehead atoms. The van der Waals surface area contributed by atoms with Gasteiger partial charge in [-0.1, -0.05) is 36.8 Å². The van der Waals surface area contributed by atoms with Crippen molar-refractivity contribution in [1.82, 2.24) is 9.88 Å². The molecule has 4 heteroatoms. The highest BCUT2D eigenvalue weighted by atomic mass is 16.5. The van der Waals surface area contributed by atoms with Gasteiger partial charge >= 0.3 is 5.97 Å². The van der Waals surface area contributed by atoms with E-state index >= 15 is 0 Å². The number of H-pyrrole nitrogens is 1. The van der Waals surface area contributed by atoms with E-state index in [-0.39, 0.29) is 12.0 Å². The number of piperidine rings is 1. The van der Waals surface area contributed by atoms with Crippen LogP contribution in [0.5, 0.6) is 0 Å². The molecule has 4 atom stereocenters. The second kappa shape index (κ2) is 5.21. The molecule has 4 heterocycles. The Bertz CT molecular complexity index is 896. The summed E-state index contributed by atoms with van der Waals surface area (Å²) in [5.74, 6) is 0.345. The number of methoxy groups -OCH3 is 1. The first kappa shape index (κ1) is 15.2. The molecule has 4 nitrogen and oxygen atoms in total. The van der Waals surface area contributed by atoms with E-state index in [9.17, 15) is 4.79 Å². The number of aromatic nitrogens is 1. The van der Waals surface area contributed by atoms with Gasteiger partial charge < -0.3 is 9.72 Å². The fourth-order valence-electron chi connectivity index (χ4n) is 5.71. The van der Waals surface area contributed by atoms with E-state index in [2.05, 4.69) is 47.1 Å². The van der Waals surface area contributed by atoms with Crippen molar-refractivity contribution in [3.05, 3.63) is 47.2 Å². The first-order chi connectivity index (χ1) is 12.2. The predicted octanol–water partition coefficient (Wildman–Crippen LogP) is 3.18. The summed E-state index contributed by atoms with van der Waals surface area (Å²) in [4.78, 5) is 19.4. The smallest absolute Gasteiger partial charge is 0.319 e. The number of esters is 1. The van der Waals surface area contributed by atoms with E-state index in [1.807, 2.05) is 0 Å². The van der Waals surface area contributed by atoms with Gasteiger partial charge in [0.15, 0.2) is 0 Å². The van der Waals surface area contributed by atoms with Gasteiger partial charge in [0.05, 0.1) is 13.2 Å². The zero-order valence-electron chi connectivity index (χ0n) is 14.8. The van der Waals surface area contributed by atoms with Gasteiger partial charge in [-0.25, -0.2) is 0 Å². The maximum atomic E-state index is 13.2. The molecular formula is C21H24N2O2. The lowest BCUT2D eigenvalue weighted by molar-refractivity contribution is -0.153. The monoisotopic (exact) mass is 336 g/mol. The number of benzene rings is 1. The number of carbonyl (C=O) groups excluding carboxylic acids is 1. The van der Waals surface area contributed by atoms with Gasteiger partial charge in [-0.15, -0.1) is 0 Å². The molecule has 1 aromatic carbocycles. The molecule has 0 amide bonds. The summed E-state index contributed by atoms with van der Waals surface area (Å²) >= 11 is 0. The normalized spacial score (nSPS) is 32.9. The predicted molar refractivity (Wildman–Crippen MR) is 97.5 cm³/mol. The largest absolute Gasteiger partial charge is 0.468 e. The number of hydrogen-bond donors (Lipinski definition) is 1. The van der Waals surface area contributed by atoms with Crippen molar-refractivity contribution >= 4 is 16.9 Å². The number of nitrogens with one attached hydrogen (secondary N) is 1. The van der Waals surface area contributed by atoms with E-state index in [0.717, 1.165) is 43.6 Å². The van der Waals surface area contributed by atoms with Gasteiger partial charge in [-0.3, -0.25) is 9.69 Å². The van der Waals surface area contributed by atoms with Gasteiger partial charge in [0.2, 0.25) is 0 Å². The Balaban J connectivity index is 1.83. The van der Waals surface area contributed by atoms with Crippen molar-refractivity contribution in [1.29, 1.82) is 0 Å². The van der Waals surface area contributed by atoms with Crippen molar-refractivity contribution in [3.63, 3.8) is 0 Å². The number of nitrogens with zero attached hydrogens (tertiary/aromatic N) is 1. The molecule has 25 heavy (non-hydrogen) atoms. The molecule has 1 N–H and O–H groups in total. The van der Waals surface area contributed by atoms with Crippen LogP contribution in [0.2, 0.25) is 0 Å². The molecule has 1 aliphatic carbocycles. The third-order valence-corrected chi connectivity index (χ3v) is 6.55. The fraction of sp³-hybridized carbons (Fsp3) is 0.476. The molecule has 130 valence electrons. The minimum atomic E-state index is -0.595. The number of rotatable bonds is 2. The molecule has 3 aliphatic heterocycles. The average Bonchev–Trinajstić information content (AvgIpc) is 3.00. The maximum absolute atomic E-state index is 13.2. The number of aromatic amines is 1. The van der Waals surface area contributed by atoms with Crippen LogP contribution in [-0.4, -0.2) is 42.1 Å². The van der Waals surface area contributed by atoms with Crippen LogP contribution in [0.1, 0.15) is 31.0 Å². The first-order valence-corrected chi connectivity index (χ1v) is 9.32. The molecule has 4 aliphatic rings. The summed E-state index contributed by atoms with van der Waals surface area (Å²) in [7, 11) is 1.53. The van der Waals surface area contributed by atoms with Crippen molar-refractivity contribution in [2.24, 2.45) is 5.92 Å². The third-order valence-electron chi connectivity index (χ3n) is 6.55. The molecule has 0 radical (unpaired) electrons. The number of fused-ring (bicyclic) bond motifs is 3. The minimum Gasteiger partial charge on any atom is -0.468 e. The van der Waals surface area contributed by atoms with Crippen LogP contribution in [0.3, 0.4) is 0 Å². The van der Waals surface area contributed by atoms with Gasteiger partial charge in [-0.05, 0) is 36.8 Å². The molecule has 1 aromatic heterocycles. The summed E-state index contributed by atoms with van der Waals surface area (Å²) in [5, 5.41) is 1.26. The number of para-hydroxylation sites is 1. The van der Waals surface area contributed by atoms with Crippen molar-refractivity contribution in [2.75, 3.05) is 20.2 Å². The summed E-state index contributed by atoms with van der Waals surface area (Å²) in [6.07, 6.45) is 5.25. The van der Waals surface area contributed by atoms with E-state index in [4.69, 9.17) is 4.74 Å². The molecule has 1 fully saturated rings.